The molecule has 0 saturated carbocycles. The lowest BCUT2D eigenvalue weighted by Crippen LogP contribution is -2.35. The normalized spacial score (nSPS) is 11.6. The molecule has 0 radical (unpaired) electrons. The highest BCUT2D eigenvalue weighted by Gasteiger charge is 2.23. The first kappa shape index (κ1) is 20.5. The van der Waals surface area contributed by atoms with Crippen LogP contribution in [0.5, 0.6) is 0 Å². The van der Waals surface area contributed by atoms with Gasteiger partial charge in [-0.25, -0.2) is 14.8 Å². The highest BCUT2D eigenvalue weighted by atomic mass is 32.1. The number of nitrogens with zero attached hydrogens (tertiary/aromatic N) is 2. The Morgan fingerprint density at radius 1 is 1.30 bits per heavy atom. The van der Waals surface area contributed by atoms with Crippen LogP contribution in [0.1, 0.15) is 40.9 Å². The number of hydrogen-bond acceptors (Lipinski definition) is 7. The molecule has 3 amide bonds. The van der Waals surface area contributed by atoms with Gasteiger partial charge in [-0.15, -0.1) is 11.3 Å². The van der Waals surface area contributed by atoms with E-state index in [2.05, 4.69) is 25.9 Å². The highest BCUT2D eigenvalue weighted by molar-refractivity contribution is 7.17. The average Bonchev–Trinajstić information content (AvgIpc) is 3.08. The van der Waals surface area contributed by atoms with Crippen molar-refractivity contribution in [3.05, 3.63) is 28.9 Å². The van der Waals surface area contributed by atoms with Gasteiger partial charge in [0.2, 0.25) is 0 Å². The maximum atomic E-state index is 12.3. The number of aliphatic hydroxyl groups is 1. The molecule has 9 nitrogen and oxygen atoms in total. The number of hydrogen-bond donors (Lipinski definition) is 4. The van der Waals surface area contributed by atoms with Gasteiger partial charge in [0.1, 0.15) is 15.7 Å². The van der Waals surface area contributed by atoms with Gasteiger partial charge in [0.05, 0.1) is 6.61 Å². The summed E-state index contributed by atoms with van der Waals surface area (Å²) in [5.41, 5.74) is 0.630. The molecule has 144 valence electrons. The van der Waals surface area contributed by atoms with E-state index in [1.54, 1.807) is 26.0 Å². The minimum absolute atomic E-state index is 0.0207. The second-order valence-corrected chi connectivity index (χ2v) is 6.73. The van der Waals surface area contributed by atoms with Gasteiger partial charge in [-0.05, 0) is 26.0 Å². The molecule has 0 fully saturated rings. The molecule has 10 heteroatoms. The molecule has 2 rings (SSSR count). The van der Waals surface area contributed by atoms with E-state index in [1.165, 1.54) is 13.1 Å². The number of carbonyl (C=O) groups is 3. The Kier molecular flexibility index (Phi) is 6.97. The third-order valence-corrected chi connectivity index (χ3v) is 4.61. The van der Waals surface area contributed by atoms with Gasteiger partial charge >= 0.3 is 6.03 Å². The number of rotatable bonds is 7. The zero-order valence-corrected chi connectivity index (χ0v) is 16.0. The number of aromatic nitrogens is 2. The summed E-state index contributed by atoms with van der Waals surface area (Å²) < 4.78 is 0. The first-order valence-electron chi connectivity index (χ1n) is 8.30. The summed E-state index contributed by atoms with van der Waals surface area (Å²) in [4.78, 5) is 44.4. The molecule has 2 aromatic rings. The smallest absolute Gasteiger partial charge is 0.320 e. The van der Waals surface area contributed by atoms with Crippen molar-refractivity contribution in [2.24, 2.45) is 0 Å². The van der Waals surface area contributed by atoms with Crippen molar-refractivity contribution in [3.8, 4) is 10.6 Å². The van der Waals surface area contributed by atoms with E-state index in [0.29, 0.717) is 22.9 Å². The fraction of sp³-hybridized carbons (Fsp3) is 0.353. The number of ketones is 1. The third kappa shape index (κ3) is 5.31. The molecule has 0 saturated heterocycles. The minimum atomic E-state index is -0.522. The van der Waals surface area contributed by atoms with E-state index >= 15 is 0 Å². The maximum Gasteiger partial charge on any atom is 0.320 e. The van der Waals surface area contributed by atoms with Crippen molar-refractivity contribution in [3.63, 3.8) is 0 Å². The van der Waals surface area contributed by atoms with E-state index in [4.69, 9.17) is 5.11 Å². The topological polar surface area (TPSA) is 133 Å². The minimum Gasteiger partial charge on any atom is -0.394 e. The Hall–Kier alpha value is -2.85. The molecule has 27 heavy (non-hydrogen) atoms. The average molecular weight is 391 g/mol. The van der Waals surface area contributed by atoms with Crippen molar-refractivity contribution in [2.45, 2.75) is 26.8 Å². The third-order valence-electron chi connectivity index (χ3n) is 3.40. The van der Waals surface area contributed by atoms with Gasteiger partial charge in [-0.1, -0.05) is 0 Å². The molecule has 2 heterocycles. The van der Waals surface area contributed by atoms with Crippen LogP contribution < -0.4 is 16.0 Å². The van der Waals surface area contributed by atoms with Gasteiger partial charge < -0.3 is 15.7 Å². The van der Waals surface area contributed by atoms with Crippen LogP contribution in [0.3, 0.4) is 0 Å². The van der Waals surface area contributed by atoms with Gasteiger partial charge in [0.15, 0.2) is 11.5 Å². The first-order chi connectivity index (χ1) is 12.8. The number of nitrogens with one attached hydrogen (secondary N) is 3. The lowest BCUT2D eigenvalue weighted by Gasteiger charge is -2.09. The summed E-state index contributed by atoms with van der Waals surface area (Å²) in [5, 5.41) is 17.3. The number of Topliss-reactive ketones (excluding diaryl/α,β-unsaturated/α-hetero) is 1. The van der Waals surface area contributed by atoms with Crippen LogP contribution in [-0.4, -0.2) is 52.0 Å². The van der Waals surface area contributed by atoms with Crippen molar-refractivity contribution >= 4 is 34.9 Å². The first-order valence-corrected chi connectivity index (χ1v) is 9.12. The molecule has 1 unspecified atom stereocenters. The predicted molar refractivity (Wildman–Crippen MR) is 102 cm³/mol. The molecule has 0 aliphatic rings. The zero-order valence-electron chi connectivity index (χ0n) is 15.2. The van der Waals surface area contributed by atoms with Gasteiger partial charge in [-0.3, -0.25) is 14.9 Å². The second kappa shape index (κ2) is 9.19. The Labute approximate surface area is 160 Å². The van der Waals surface area contributed by atoms with Gasteiger partial charge in [0, 0.05) is 31.3 Å². The molecular formula is C17H21N5O4S. The molecule has 0 aliphatic carbocycles. The summed E-state index contributed by atoms with van der Waals surface area (Å²) in [5.74, 6) is -0.433. The van der Waals surface area contributed by atoms with Crippen LogP contribution in [0.4, 0.5) is 10.6 Å². The van der Waals surface area contributed by atoms with E-state index in [0.717, 1.165) is 11.3 Å². The maximum absolute atomic E-state index is 12.3. The number of aliphatic hydroxyl groups excluding tert-OH is 1. The lowest BCUT2D eigenvalue weighted by atomic mass is 10.2. The monoisotopic (exact) mass is 391 g/mol. The Balaban J connectivity index is 2.25. The summed E-state index contributed by atoms with van der Waals surface area (Å²) in [6.45, 7) is 5.09. The summed E-state index contributed by atoms with van der Waals surface area (Å²) in [6.07, 6.45) is 1.50. The quantitative estimate of drug-likeness (QED) is 0.531. The van der Waals surface area contributed by atoms with E-state index in [1.807, 2.05) is 0 Å². The standard InChI is InChI=1S/C17H21N5O4S/c1-4-18-17(26)21-12-6-5-11(7-19-12)16-22-13(14(27-16)10(3)24)15(25)20-9(2)8-23/h5-7,9,23H,4,8H2,1-3H3,(H,20,25)(H2,18,19,21,26). The molecule has 0 aromatic carbocycles. The summed E-state index contributed by atoms with van der Waals surface area (Å²) >= 11 is 1.09. The number of anilines is 1. The molecule has 0 bridgehead atoms. The Morgan fingerprint density at radius 2 is 2.04 bits per heavy atom. The largest absolute Gasteiger partial charge is 0.394 e. The van der Waals surface area contributed by atoms with Crippen LogP contribution in [0.15, 0.2) is 18.3 Å². The van der Waals surface area contributed by atoms with Crippen LogP contribution in [0.25, 0.3) is 10.6 Å². The van der Waals surface area contributed by atoms with E-state index in [-0.39, 0.29) is 29.0 Å². The van der Waals surface area contributed by atoms with Crippen molar-refractivity contribution in [1.82, 2.24) is 20.6 Å². The van der Waals surface area contributed by atoms with Crippen LogP contribution >= 0.6 is 11.3 Å². The molecule has 1 atom stereocenters. The van der Waals surface area contributed by atoms with Crippen LogP contribution in [0, 0.1) is 0 Å². The number of urea groups is 1. The number of thiazole rings is 1. The van der Waals surface area contributed by atoms with Crippen molar-refractivity contribution in [2.75, 3.05) is 18.5 Å². The van der Waals surface area contributed by atoms with E-state index in [9.17, 15) is 14.4 Å². The van der Waals surface area contributed by atoms with Crippen LogP contribution in [-0.2, 0) is 0 Å². The van der Waals surface area contributed by atoms with Crippen LogP contribution in [0.2, 0.25) is 0 Å². The fourth-order valence-electron chi connectivity index (χ4n) is 2.09. The molecular weight excluding hydrogens is 370 g/mol. The zero-order chi connectivity index (χ0) is 20.0. The summed E-state index contributed by atoms with van der Waals surface area (Å²) in [6, 6.07) is 2.48. The molecule has 0 aliphatic heterocycles. The second-order valence-electron chi connectivity index (χ2n) is 5.73. The molecule has 4 N–H and O–H groups in total. The van der Waals surface area contributed by atoms with Gasteiger partial charge in [-0.2, -0.15) is 0 Å². The Bertz CT molecular complexity index is 834. The van der Waals surface area contributed by atoms with Crippen molar-refractivity contribution < 1.29 is 19.5 Å². The molecule has 2 aromatic heterocycles. The molecule has 0 spiro atoms. The predicted octanol–water partition coefficient (Wildman–Crippen LogP) is 1.66. The fourth-order valence-corrected chi connectivity index (χ4v) is 3.04. The highest BCUT2D eigenvalue weighted by Crippen LogP contribution is 2.28. The number of carbonyl (C=O) groups excluding carboxylic acids is 3. The van der Waals surface area contributed by atoms with E-state index < -0.39 is 11.9 Å². The SMILES string of the molecule is CCNC(=O)Nc1ccc(-c2nc(C(=O)NC(C)CO)c(C(C)=O)s2)cn1. The summed E-state index contributed by atoms with van der Waals surface area (Å²) in [7, 11) is 0. The number of amides is 3. The Morgan fingerprint density at radius 3 is 2.59 bits per heavy atom. The number of pyridine rings is 1. The lowest BCUT2D eigenvalue weighted by molar-refractivity contribution is 0.0908. The van der Waals surface area contributed by atoms with Crippen molar-refractivity contribution in [1.29, 1.82) is 0 Å². The van der Waals surface area contributed by atoms with Gasteiger partial charge in [0.25, 0.3) is 5.91 Å².